The monoisotopic (exact) mass is 361 g/mol. The maximum absolute atomic E-state index is 12.5. The van der Waals surface area contributed by atoms with Crippen molar-refractivity contribution in [2.75, 3.05) is 14.2 Å². The van der Waals surface area contributed by atoms with Crippen LogP contribution in [0.1, 0.15) is 15.2 Å². The maximum atomic E-state index is 12.5. The second kappa shape index (κ2) is 7.11. The normalized spacial score (nSPS) is 10.6. The number of amides is 1. The third-order valence-electron chi connectivity index (χ3n) is 3.63. The highest BCUT2D eigenvalue weighted by Gasteiger charge is 2.19. The SMILES string of the molecule is COc1ccc(CNC(=O)c2sc3ccc(Cl)cc3c2OC)cc1. The van der Waals surface area contributed by atoms with Crippen LogP contribution in [0, 0.1) is 0 Å². The molecule has 124 valence electrons. The first kappa shape index (κ1) is 16.6. The molecule has 1 heterocycles. The zero-order valence-electron chi connectivity index (χ0n) is 13.3. The van der Waals surface area contributed by atoms with Crippen LogP contribution >= 0.6 is 22.9 Å². The summed E-state index contributed by atoms with van der Waals surface area (Å²) in [4.78, 5) is 13.1. The standard InChI is InChI=1S/C18H16ClNO3S/c1-22-13-6-3-11(4-7-13)10-20-18(21)17-16(23-2)14-9-12(19)5-8-15(14)24-17/h3-9H,10H2,1-2H3,(H,20,21). The molecule has 0 aliphatic heterocycles. The summed E-state index contributed by atoms with van der Waals surface area (Å²) < 4.78 is 11.5. The number of ether oxygens (including phenoxy) is 2. The number of halogens is 1. The number of thiophene rings is 1. The van der Waals surface area contributed by atoms with E-state index in [-0.39, 0.29) is 5.91 Å². The topological polar surface area (TPSA) is 47.6 Å². The van der Waals surface area contributed by atoms with E-state index < -0.39 is 0 Å². The van der Waals surface area contributed by atoms with Crippen molar-refractivity contribution < 1.29 is 14.3 Å². The molecule has 0 fully saturated rings. The fraction of sp³-hybridized carbons (Fsp3) is 0.167. The molecule has 3 aromatic rings. The summed E-state index contributed by atoms with van der Waals surface area (Å²) >= 11 is 7.43. The highest BCUT2D eigenvalue weighted by Crippen LogP contribution is 2.38. The maximum Gasteiger partial charge on any atom is 0.265 e. The van der Waals surface area contributed by atoms with Crippen LogP contribution in [0.5, 0.6) is 11.5 Å². The van der Waals surface area contributed by atoms with Gasteiger partial charge in [0.05, 0.1) is 14.2 Å². The number of benzene rings is 2. The van der Waals surface area contributed by atoms with Gasteiger partial charge in [0.1, 0.15) is 16.4 Å². The van der Waals surface area contributed by atoms with E-state index in [2.05, 4.69) is 5.32 Å². The Morgan fingerprint density at radius 2 is 1.88 bits per heavy atom. The van der Waals surface area contributed by atoms with Crippen LogP contribution in [0.15, 0.2) is 42.5 Å². The number of carbonyl (C=O) groups is 1. The molecular weight excluding hydrogens is 346 g/mol. The van der Waals surface area contributed by atoms with Gasteiger partial charge in [0.25, 0.3) is 5.91 Å². The van der Waals surface area contributed by atoms with E-state index in [4.69, 9.17) is 21.1 Å². The number of nitrogens with one attached hydrogen (secondary N) is 1. The van der Waals surface area contributed by atoms with Crippen molar-refractivity contribution in [2.24, 2.45) is 0 Å². The molecule has 6 heteroatoms. The molecule has 0 spiro atoms. The molecule has 0 aliphatic rings. The first-order valence-electron chi connectivity index (χ1n) is 7.29. The summed E-state index contributed by atoms with van der Waals surface area (Å²) in [5.41, 5.74) is 0.993. The van der Waals surface area contributed by atoms with Crippen LogP contribution < -0.4 is 14.8 Å². The molecule has 1 aromatic heterocycles. The van der Waals surface area contributed by atoms with E-state index in [0.717, 1.165) is 21.4 Å². The lowest BCUT2D eigenvalue weighted by molar-refractivity contribution is 0.0952. The molecule has 1 amide bonds. The third-order valence-corrected chi connectivity index (χ3v) is 5.01. The average Bonchev–Trinajstić information content (AvgIpc) is 2.97. The van der Waals surface area contributed by atoms with Crippen LogP contribution in [0.25, 0.3) is 10.1 Å². The predicted molar refractivity (Wildman–Crippen MR) is 97.6 cm³/mol. The molecule has 0 saturated heterocycles. The van der Waals surface area contributed by atoms with E-state index in [0.29, 0.717) is 22.2 Å². The molecule has 24 heavy (non-hydrogen) atoms. The Bertz CT molecular complexity index is 874. The number of carbonyl (C=O) groups excluding carboxylic acids is 1. The highest BCUT2D eigenvalue weighted by molar-refractivity contribution is 7.21. The summed E-state index contributed by atoms with van der Waals surface area (Å²) in [6.07, 6.45) is 0. The van der Waals surface area contributed by atoms with Gasteiger partial charge < -0.3 is 14.8 Å². The zero-order chi connectivity index (χ0) is 17.1. The Morgan fingerprint density at radius 3 is 2.54 bits per heavy atom. The number of hydrogen-bond donors (Lipinski definition) is 1. The van der Waals surface area contributed by atoms with Crippen molar-refractivity contribution in [1.29, 1.82) is 0 Å². The van der Waals surface area contributed by atoms with Crippen LogP contribution in [0.4, 0.5) is 0 Å². The van der Waals surface area contributed by atoms with E-state index in [1.807, 2.05) is 36.4 Å². The summed E-state index contributed by atoms with van der Waals surface area (Å²) in [5.74, 6) is 1.18. The zero-order valence-corrected chi connectivity index (χ0v) is 14.8. The molecule has 0 radical (unpaired) electrons. The highest BCUT2D eigenvalue weighted by atomic mass is 35.5. The van der Waals surface area contributed by atoms with Crippen molar-refractivity contribution >= 4 is 38.9 Å². The Morgan fingerprint density at radius 1 is 1.12 bits per heavy atom. The Kier molecular flexibility index (Phi) is 4.92. The Labute approximate surface area is 149 Å². The van der Waals surface area contributed by atoms with Gasteiger partial charge >= 0.3 is 0 Å². The van der Waals surface area contributed by atoms with Crippen LogP contribution in [0.2, 0.25) is 5.02 Å². The lowest BCUT2D eigenvalue weighted by Gasteiger charge is -2.07. The van der Waals surface area contributed by atoms with Crippen LogP contribution in [-0.4, -0.2) is 20.1 Å². The van der Waals surface area contributed by atoms with Gasteiger partial charge in [-0.15, -0.1) is 11.3 Å². The van der Waals surface area contributed by atoms with Gasteiger partial charge in [-0.2, -0.15) is 0 Å². The number of methoxy groups -OCH3 is 2. The third kappa shape index (κ3) is 3.32. The second-order valence-corrected chi connectivity index (χ2v) is 6.62. The molecule has 0 unspecified atom stereocenters. The minimum Gasteiger partial charge on any atom is -0.497 e. The molecule has 0 bridgehead atoms. The minimum absolute atomic E-state index is 0.167. The van der Waals surface area contributed by atoms with Crippen LogP contribution in [-0.2, 0) is 6.54 Å². The number of fused-ring (bicyclic) bond motifs is 1. The summed E-state index contributed by atoms with van der Waals surface area (Å²) in [6.45, 7) is 0.432. The van der Waals surface area contributed by atoms with E-state index in [9.17, 15) is 4.79 Å². The fourth-order valence-corrected chi connectivity index (χ4v) is 3.65. The summed E-state index contributed by atoms with van der Waals surface area (Å²) in [5, 5.41) is 4.39. The Balaban J connectivity index is 1.80. The lowest BCUT2D eigenvalue weighted by atomic mass is 10.2. The average molecular weight is 362 g/mol. The summed E-state index contributed by atoms with van der Waals surface area (Å²) in [7, 11) is 3.18. The first-order chi connectivity index (χ1) is 11.6. The number of rotatable bonds is 5. The quantitative estimate of drug-likeness (QED) is 0.727. The van der Waals surface area contributed by atoms with Crippen molar-refractivity contribution in [3.63, 3.8) is 0 Å². The molecule has 4 nitrogen and oxygen atoms in total. The van der Waals surface area contributed by atoms with Gasteiger partial charge in [0, 0.05) is 21.7 Å². The molecule has 0 atom stereocenters. The van der Waals surface area contributed by atoms with Crippen molar-refractivity contribution in [3.05, 3.63) is 57.9 Å². The fourth-order valence-electron chi connectivity index (χ4n) is 2.41. The van der Waals surface area contributed by atoms with Crippen molar-refractivity contribution in [2.45, 2.75) is 6.54 Å². The smallest absolute Gasteiger partial charge is 0.265 e. The molecule has 0 aliphatic carbocycles. The minimum atomic E-state index is -0.167. The largest absolute Gasteiger partial charge is 0.497 e. The lowest BCUT2D eigenvalue weighted by Crippen LogP contribution is -2.22. The first-order valence-corrected chi connectivity index (χ1v) is 8.49. The van der Waals surface area contributed by atoms with Gasteiger partial charge in [-0.3, -0.25) is 4.79 Å². The van der Waals surface area contributed by atoms with Gasteiger partial charge in [-0.1, -0.05) is 23.7 Å². The second-order valence-electron chi connectivity index (χ2n) is 5.14. The molecule has 1 N–H and O–H groups in total. The molecule has 3 rings (SSSR count). The van der Waals surface area contributed by atoms with Gasteiger partial charge in [-0.25, -0.2) is 0 Å². The molecule has 0 saturated carbocycles. The number of hydrogen-bond acceptors (Lipinski definition) is 4. The predicted octanol–water partition coefficient (Wildman–Crippen LogP) is 4.50. The van der Waals surface area contributed by atoms with Crippen molar-refractivity contribution in [1.82, 2.24) is 5.32 Å². The van der Waals surface area contributed by atoms with Gasteiger partial charge in [0.15, 0.2) is 0 Å². The Hall–Kier alpha value is -2.24. The van der Waals surface area contributed by atoms with E-state index >= 15 is 0 Å². The molecular formula is C18H16ClNO3S. The van der Waals surface area contributed by atoms with E-state index in [1.165, 1.54) is 11.3 Å². The van der Waals surface area contributed by atoms with Gasteiger partial charge in [-0.05, 0) is 35.9 Å². The molecule has 2 aromatic carbocycles. The van der Waals surface area contributed by atoms with E-state index in [1.54, 1.807) is 20.3 Å². The van der Waals surface area contributed by atoms with Crippen molar-refractivity contribution in [3.8, 4) is 11.5 Å². The van der Waals surface area contributed by atoms with Crippen LogP contribution in [0.3, 0.4) is 0 Å². The summed E-state index contributed by atoms with van der Waals surface area (Å²) in [6, 6.07) is 13.1. The van der Waals surface area contributed by atoms with Gasteiger partial charge in [0.2, 0.25) is 0 Å².